The summed E-state index contributed by atoms with van der Waals surface area (Å²) in [6.45, 7) is 2.59. The van der Waals surface area contributed by atoms with E-state index >= 15 is 0 Å². The molecule has 0 aliphatic carbocycles. The van der Waals surface area contributed by atoms with Crippen molar-refractivity contribution in [3.05, 3.63) is 29.3 Å². The molecule has 3 heterocycles. The lowest BCUT2D eigenvalue weighted by Gasteiger charge is -2.38. The van der Waals surface area contributed by atoms with Crippen molar-refractivity contribution in [2.45, 2.75) is 44.1 Å². The number of ether oxygens (including phenoxy) is 1. The second kappa shape index (κ2) is 6.21. The second-order valence-electron chi connectivity index (χ2n) is 6.59. The van der Waals surface area contributed by atoms with Gasteiger partial charge in [-0.3, -0.25) is 4.79 Å². The molecular formula is C18H22N2O2S. The van der Waals surface area contributed by atoms with Crippen molar-refractivity contribution in [3.63, 3.8) is 0 Å². The van der Waals surface area contributed by atoms with Crippen molar-refractivity contribution in [3.8, 4) is 0 Å². The molecule has 0 atom stereocenters. The van der Waals surface area contributed by atoms with Crippen LogP contribution in [0.25, 0.3) is 10.2 Å². The maximum Gasteiger partial charge on any atom is 0.222 e. The van der Waals surface area contributed by atoms with Crippen LogP contribution in [0.4, 0.5) is 0 Å². The van der Waals surface area contributed by atoms with Crippen LogP contribution in [0.2, 0.25) is 0 Å². The average molecular weight is 330 g/mol. The summed E-state index contributed by atoms with van der Waals surface area (Å²) < 4.78 is 7.13. The average Bonchev–Trinajstić information content (AvgIpc) is 3.20. The van der Waals surface area contributed by atoms with Crippen molar-refractivity contribution in [2.24, 2.45) is 0 Å². The van der Waals surface area contributed by atoms with Gasteiger partial charge in [-0.15, -0.1) is 11.3 Å². The van der Waals surface area contributed by atoms with Crippen LogP contribution in [0.3, 0.4) is 0 Å². The molecule has 1 spiro atoms. The Kier molecular flexibility index (Phi) is 4.07. The molecule has 0 unspecified atom stereocenters. The van der Waals surface area contributed by atoms with Crippen molar-refractivity contribution in [1.29, 1.82) is 0 Å². The fraction of sp³-hybridized carbons (Fsp3) is 0.556. The summed E-state index contributed by atoms with van der Waals surface area (Å²) in [6.07, 6.45) is 5.65. The maximum absolute atomic E-state index is 12.5. The van der Waals surface area contributed by atoms with E-state index in [9.17, 15) is 4.79 Å². The number of thiazole rings is 1. The molecule has 0 bridgehead atoms. The van der Waals surface area contributed by atoms with Crippen LogP contribution in [0.1, 0.15) is 37.1 Å². The van der Waals surface area contributed by atoms with Gasteiger partial charge in [0.05, 0.1) is 20.8 Å². The number of hydrogen-bond acceptors (Lipinski definition) is 4. The molecule has 2 aliphatic heterocycles. The lowest BCUT2D eigenvalue weighted by atomic mass is 9.88. The van der Waals surface area contributed by atoms with Crippen LogP contribution >= 0.6 is 11.3 Å². The lowest BCUT2D eigenvalue weighted by molar-refractivity contribution is -0.135. The molecule has 1 aromatic carbocycles. The van der Waals surface area contributed by atoms with Crippen molar-refractivity contribution < 1.29 is 9.53 Å². The molecule has 0 radical (unpaired) electrons. The molecule has 0 N–H and O–H groups in total. The molecule has 1 amide bonds. The summed E-state index contributed by atoms with van der Waals surface area (Å²) in [5.41, 5.74) is 1.13. The minimum absolute atomic E-state index is 0.0871. The first-order valence-corrected chi connectivity index (χ1v) is 9.32. The number of likely N-dealkylation sites (tertiary alicyclic amines) is 1. The zero-order valence-corrected chi connectivity index (χ0v) is 14.1. The number of piperidine rings is 1. The lowest BCUT2D eigenvalue weighted by Crippen LogP contribution is -2.46. The number of hydrogen-bond donors (Lipinski definition) is 0. The third-order valence-corrected chi connectivity index (χ3v) is 6.20. The van der Waals surface area contributed by atoms with Gasteiger partial charge >= 0.3 is 0 Å². The van der Waals surface area contributed by atoms with E-state index in [0.29, 0.717) is 6.42 Å². The van der Waals surface area contributed by atoms with Gasteiger partial charge in [-0.1, -0.05) is 12.1 Å². The molecule has 5 heteroatoms. The topological polar surface area (TPSA) is 42.4 Å². The Balaban J connectivity index is 1.32. The third-order valence-electron chi connectivity index (χ3n) is 5.10. The van der Waals surface area contributed by atoms with Gasteiger partial charge in [0, 0.05) is 32.5 Å². The predicted molar refractivity (Wildman–Crippen MR) is 91.7 cm³/mol. The summed E-state index contributed by atoms with van der Waals surface area (Å²) >= 11 is 1.70. The largest absolute Gasteiger partial charge is 0.375 e. The van der Waals surface area contributed by atoms with Gasteiger partial charge in [0.15, 0.2) is 0 Å². The van der Waals surface area contributed by atoms with E-state index in [-0.39, 0.29) is 11.5 Å². The highest BCUT2D eigenvalue weighted by Crippen LogP contribution is 2.35. The molecule has 23 heavy (non-hydrogen) atoms. The van der Waals surface area contributed by atoms with Gasteiger partial charge in [0.1, 0.15) is 0 Å². The van der Waals surface area contributed by atoms with E-state index in [1.807, 2.05) is 23.1 Å². The van der Waals surface area contributed by atoms with Crippen LogP contribution < -0.4 is 0 Å². The fourth-order valence-corrected chi connectivity index (χ4v) is 4.68. The quantitative estimate of drug-likeness (QED) is 0.866. The van der Waals surface area contributed by atoms with Gasteiger partial charge in [0.25, 0.3) is 0 Å². The molecule has 2 fully saturated rings. The van der Waals surface area contributed by atoms with Gasteiger partial charge in [-0.25, -0.2) is 4.98 Å². The number of aromatic nitrogens is 1. The van der Waals surface area contributed by atoms with Gasteiger partial charge in [-0.2, -0.15) is 0 Å². The highest BCUT2D eigenvalue weighted by molar-refractivity contribution is 7.18. The van der Waals surface area contributed by atoms with E-state index < -0.39 is 0 Å². The van der Waals surface area contributed by atoms with Gasteiger partial charge < -0.3 is 9.64 Å². The Labute approximate surface area is 140 Å². The van der Waals surface area contributed by atoms with Crippen LogP contribution in [0.5, 0.6) is 0 Å². The number of benzene rings is 1. The Morgan fingerprint density at radius 2 is 2.09 bits per heavy atom. The Morgan fingerprint density at radius 1 is 1.26 bits per heavy atom. The number of carbonyl (C=O) groups excluding carboxylic acids is 1. The summed E-state index contributed by atoms with van der Waals surface area (Å²) in [7, 11) is 0. The summed E-state index contributed by atoms with van der Waals surface area (Å²) in [5, 5.41) is 1.06. The maximum atomic E-state index is 12.5. The van der Waals surface area contributed by atoms with E-state index in [2.05, 4.69) is 11.1 Å². The van der Waals surface area contributed by atoms with Crippen LogP contribution in [-0.2, 0) is 16.0 Å². The van der Waals surface area contributed by atoms with Crippen LogP contribution in [0, 0.1) is 0 Å². The normalized spacial score (nSPS) is 20.4. The third kappa shape index (κ3) is 3.12. The highest BCUT2D eigenvalue weighted by Gasteiger charge is 2.39. The molecule has 122 valence electrons. The summed E-state index contributed by atoms with van der Waals surface area (Å²) in [5.74, 6) is 0.261. The SMILES string of the molecule is O=C(CCc1nc2ccccc2s1)N1CCC2(CCCO2)CC1. The first-order chi connectivity index (χ1) is 11.2. The van der Waals surface area contributed by atoms with Crippen molar-refractivity contribution in [2.75, 3.05) is 19.7 Å². The molecule has 4 nitrogen and oxygen atoms in total. The minimum atomic E-state index is 0.0871. The second-order valence-corrected chi connectivity index (χ2v) is 7.71. The zero-order valence-electron chi connectivity index (χ0n) is 13.3. The Bertz CT molecular complexity index is 663. The molecule has 4 rings (SSSR count). The van der Waals surface area contributed by atoms with E-state index in [4.69, 9.17) is 4.74 Å². The summed E-state index contributed by atoms with van der Waals surface area (Å²) in [4.78, 5) is 19.1. The molecule has 0 saturated carbocycles. The van der Waals surface area contributed by atoms with Crippen LogP contribution in [0.15, 0.2) is 24.3 Å². The number of para-hydroxylation sites is 1. The molecule has 2 saturated heterocycles. The number of fused-ring (bicyclic) bond motifs is 1. The number of amides is 1. The molecule has 2 aromatic rings. The van der Waals surface area contributed by atoms with Crippen molar-refractivity contribution in [1.82, 2.24) is 9.88 Å². The van der Waals surface area contributed by atoms with Crippen LogP contribution in [-0.4, -0.2) is 41.1 Å². The first kappa shape index (κ1) is 15.1. The fourth-order valence-electron chi connectivity index (χ4n) is 3.71. The van der Waals surface area contributed by atoms with E-state index in [0.717, 1.165) is 49.5 Å². The zero-order chi connectivity index (χ0) is 15.7. The predicted octanol–water partition coefficient (Wildman–Crippen LogP) is 3.40. The summed E-state index contributed by atoms with van der Waals surface area (Å²) in [6, 6.07) is 8.16. The van der Waals surface area contributed by atoms with Crippen molar-refractivity contribution >= 4 is 27.5 Å². The highest BCUT2D eigenvalue weighted by atomic mass is 32.1. The molecular weight excluding hydrogens is 308 g/mol. The first-order valence-electron chi connectivity index (χ1n) is 8.50. The molecule has 2 aliphatic rings. The number of rotatable bonds is 3. The number of nitrogens with zero attached hydrogens (tertiary/aromatic N) is 2. The standard InChI is InChI=1S/C18H22N2O2S/c21-17(20-11-9-18(10-12-20)8-3-13-22-18)7-6-16-19-14-4-1-2-5-15(14)23-16/h1-2,4-5H,3,6-13H2. The number of aryl methyl sites for hydroxylation is 1. The van der Waals surface area contributed by atoms with Gasteiger partial charge in [0.2, 0.25) is 5.91 Å². The monoisotopic (exact) mass is 330 g/mol. The van der Waals surface area contributed by atoms with E-state index in [1.165, 1.54) is 17.5 Å². The molecule has 1 aromatic heterocycles. The number of carbonyl (C=O) groups is 1. The van der Waals surface area contributed by atoms with E-state index in [1.54, 1.807) is 11.3 Å². The smallest absolute Gasteiger partial charge is 0.222 e. The Hall–Kier alpha value is -1.46. The minimum Gasteiger partial charge on any atom is -0.375 e. The Morgan fingerprint density at radius 3 is 2.83 bits per heavy atom. The van der Waals surface area contributed by atoms with Gasteiger partial charge in [-0.05, 0) is 37.8 Å².